The molecule has 0 fully saturated rings. The summed E-state index contributed by atoms with van der Waals surface area (Å²) in [6.07, 6.45) is 0.991. The monoisotopic (exact) mass is 228 g/mol. The number of ether oxygens (including phenoxy) is 1. The lowest BCUT2D eigenvalue weighted by Gasteiger charge is -1.99. The molecule has 0 atom stereocenters. The van der Waals surface area contributed by atoms with Crippen molar-refractivity contribution in [2.24, 2.45) is 5.10 Å². The van der Waals surface area contributed by atoms with Crippen LogP contribution in [-0.4, -0.2) is 19.4 Å². The fourth-order valence-corrected chi connectivity index (χ4v) is 1.49. The highest BCUT2D eigenvalue weighted by Gasteiger charge is 1.95. The van der Waals surface area contributed by atoms with Gasteiger partial charge in [-0.05, 0) is 22.4 Å². The van der Waals surface area contributed by atoms with E-state index in [4.69, 9.17) is 0 Å². The molecule has 1 N–H and O–H groups in total. The normalized spacial score (nSPS) is 10.6. The smallest absolute Gasteiger partial charge is 0.427 e. The molecular weight excluding hydrogens is 216 g/mol. The zero-order valence-electron chi connectivity index (χ0n) is 9.38. The van der Waals surface area contributed by atoms with Gasteiger partial charge in [-0.25, -0.2) is 10.2 Å². The Bertz CT molecular complexity index is 564. The van der Waals surface area contributed by atoms with Gasteiger partial charge >= 0.3 is 6.09 Å². The van der Waals surface area contributed by atoms with Crippen LogP contribution in [0.2, 0.25) is 0 Å². The van der Waals surface area contributed by atoms with Gasteiger partial charge in [-0.2, -0.15) is 5.10 Å². The molecule has 0 unspecified atom stereocenters. The number of hydrogen-bond acceptors (Lipinski definition) is 3. The Morgan fingerprint density at radius 3 is 2.76 bits per heavy atom. The molecule has 0 radical (unpaired) electrons. The second kappa shape index (κ2) is 5.12. The summed E-state index contributed by atoms with van der Waals surface area (Å²) in [7, 11) is 1.29. The zero-order chi connectivity index (χ0) is 12.1. The van der Waals surface area contributed by atoms with Crippen LogP contribution in [0.3, 0.4) is 0 Å². The maximum absolute atomic E-state index is 10.8. The molecule has 4 nitrogen and oxygen atoms in total. The molecule has 0 spiro atoms. The molecule has 4 heteroatoms. The van der Waals surface area contributed by atoms with Gasteiger partial charge in [0.25, 0.3) is 0 Å². The number of hydrazone groups is 1. The van der Waals surface area contributed by atoms with Crippen molar-refractivity contribution in [2.45, 2.75) is 0 Å². The summed E-state index contributed by atoms with van der Waals surface area (Å²) in [5, 5.41) is 6.08. The van der Waals surface area contributed by atoms with E-state index in [9.17, 15) is 4.79 Å². The first kappa shape index (κ1) is 11.1. The van der Waals surface area contributed by atoms with Gasteiger partial charge in [0.15, 0.2) is 0 Å². The molecule has 0 aliphatic rings. The van der Waals surface area contributed by atoms with Crippen molar-refractivity contribution < 1.29 is 9.53 Å². The Balaban J connectivity index is 2.16. The third-order valence-corrected chi connectivity index (χ3v) is 2.33. The van der Waals surface area contributed by atoms with E-state index in [-0.39, 0.29) is 0 Å². The molecule has 2 aromatic carbocycles. The topological polar surface area (TPSA) is 50.7 Å². The van der Waals surface area contributed by atoms with Gasteiger partial charge in [0, 0.05) is 0 Å². The minimum Gasteiger partial charge on any atom is -0.452 e. The second-order valence-electron chi connectivity index (χ2n) is 3.47. The van der Waals surface area contributed by atoms with E-state index in [0.29, 0.717) is 0 Å². The number of carbonyl (C=O) groups excluding carboxylic acids is 1. The van der Waals surface area contributed by atoms with Crippen molar-refractivity contribution in [3.05, 3.63) is 48.0 Å². The lowest BCUT2D eigenvalue weighted by molar-refractivity contribution is 0.171. The van der Waals surface area contributed by atoms with Crippen LogP contribution in [0.4, 0.5) is 4.79 Å². The number of fused-ring (bicyclic) bond motifs is 1. The van der Waals surface area contributed by atoms with Crippen LogP contribution in [0, 0.1) is 0 Å². The average Bonchev–Trinajstić information content (AvgIpc) is 2.38. The highest BCUT2D eigenvalue weighted by molar-refractivity contribution is 5.90. The van der Waals surface area contributed by atoms with Crippen molar-refractivity contribution in [3.63, 3.8) is 0 Å². The number of rotatable bonds is 2. The first-order valence-corrected chi connectivity index (χ1v) is 5.15. The van der Waals surface area contributed by atoms with E-state index in [1.54, 1.807) is 6.21 Å². The number of amides is 1. The van der Waals surface area contributed by atoms with Gasteiger partial charge in [0.05, 0.1) is 13.3 Å². The maximum Gasteiger partial charge on any atom is 0.427 e. The van der Waals surface area contributed by atoms with Crippen LogP contribution >= 0.6 is 0 Å². The number of hydrogen-bond donors (Lipinski definition) is 1. The van der Waals surface area contributed by atoms with E-state index in [2.05, 4.69) is 15.3 Å². The first-order chi connectivity index (χ1) is 8.29. The summed E-state index contributed by atoms with van der Waals surface area (Å²) < 4.78 is 4.39. The predicted molar refractivity (Wildman–Crippen MR) is 67.1 cm³/mol. The SMILES string of the molecule is COC(=O)NN=Cc1ccc2ccccc2c1. The molecule has 0 heterocycles. The fraction of sp³-hybridized carbons (Fsp3) is 0.0769. The highest BCUT2D eigenvalue weighted by Crippen LogP contribution is 2.14. The molecule has 0 aliphatic heterocycles. The Morgan fingerprint density at radius 1 is 1.24 bits per heavy atom. The van der Waals surface area contributed by atoms with E-state index in [1.165, 1.54) is 12.5 Å². The second-order valence-corrected chi connectivity index (χ2v) is 3.47. The van der Waals surface area contributed by atoms with Crippen LogP contribution in [0.15, 0.2) is 47.6 Å². The molecule has 0 aliphatic carbocycles. The van der Waals surface area contributed by atoms with Gasteiger partial charge in [-0.1, -0.05) is 36.4 Å². The van der Waals surface area contributed by atoms with E-state index in [0.717, 1.165) is 10.9 Å². The minimum absolute atomic E-state index is 0.581. The third-order valence-electron chi connectivity index (χ3n) is 2.33. The highest BCUT2D eigenvalue weighted by atomic mass is 16.5. The Morgan fingerprint density at radius 2 is 2.00 bits per heavy atom. The molecule has 0 bridgehead atoms. The van der Waals surface area contributed by atoms with Gasteiger partial charge in [-0.15, -0.1) is 0 Å². The summed E-state index contributed by atoms with van der Waals surface area (Å²) in [6.45, 7) is 0. The lowest BCUT2D eigenvalue weighted by Crippen LogP contribution is -2.16. The lowest BCUT2D eigenvalue weighted by atomic mass is 10.1. The number of nitrogens with one attached hydrogen (secondary N) is 1. The fourth-order valence-electron chi connectivity index (χ4n) is 1.49. The van der Waals surface area contributed by atoms with Gasteiger partial charge < -0.3 is 4.74 Å². The van der Waals surface area contributed by atoms with Gasteiger partial charge in [-0.3, -0.25) is 0 Å². The summed E-state index contributed by atoms with van der Waals surface area (Å²) in [5.41, 5.74) is 3.15. The first-order valence-electron chi connectivity index (χ1n) is 5.15. The van der Waals surface area contributed by atoms with E-state index in [1.807, 2.05) is 42.5 Å². The molecule has 2 aromatic rings. The standard InChI is InChI=1S/C13H12N2O2/c1-17-13(16)15-14-9-10-6-7-11-4-2-3-5-12(11)8-10/h2-9H,1H3,(H,15,16). The number of carbonyl (C=O) groups is 1. The van der Waals surface area contributed by atoms with Crippen LogP contribution in [0.1, 0.15) is 5.56 Å². The molecular formula is C13H12N2O2. The quantitative estimate of drug-likeness (QED) is 0.634. The molecule has 0 saturated heterocycles. The Labute approximate surface area is 98.9 Å². The van der Waals surface area contributed by atoms with E-state index < -0.39 is 6.09 Å². The van der Waals surface area contributed by atoms with E-state index >= 15 is 0 Å². The van der Waals surface area contributed by atoms with Crippen LogP contribution in [0.25, 0.3) is 10.8 Å². The number of methoxy groups -OCH3 is 1. The van der Waals surface area contributed by atoms with Crippen LogP contribution in [-0.2, 0) is 4.74 Å². The van der Waals surface area contributed by atoms with Gasteiger partial charge in [0.1, 0.15) is 0 Å². The van der Waals surface area contributed by atoms with Crippen molar-refractivity contribution >= 4 is 23.1 Å². The maximum atomic E-state index is 10.8. The van der Waals surface area contributed by atoms with Crippen molar-refractivity contribution in [3.8, 4) is 0 Å². The molecule has 0 aromatic heterocycles. The molecule has 1 amide bonds. The zero-order valence-corrected chi connectivity index (χ0v) is 9.38. The molecule has 0 saturated carbocycles. The summed E-state index contributed by atoms with van der Waals surface area (Å²) in [6, 6.07) is 14.0. The molecule has 2 rings (SSSR count). The summed E-state index contributed by atoms with van der Waals surface area (Å²) in [5.74, 6) is 0. The number of nitrogens with zero attached hydrogens (tertiary/aromatic N) is 1. The third kappa shape index (κ3) is 2.81. The van der Waals surface area contributed by atoms with Crippen LogP contribution < -0.4 is 5.43 Å². The van der Waals surface area contributed by atoms with Gasteiger partial charge in [0.2, 0.25) is 0 Å². The van der Waals surface area contributed by atoms with Crippen molar-refractivity contribution in [1.29, 1.82) is 0 Å². The average molecular weight is 228 g/mol. The minimum atomic E-state index is -0.581. The summed E-state index contributed by atoms with van der Waals surface area (Å²) >= 11 is 0. The van der Waals surface area contributed by atoms with Crippen molar-refractivity contribution in [1.82, 2.24) is 5.43 Å². The molecule has 86 valence electrons. The van der Waals surface area contributed by atoms with Crippen molar-refractivity contribution in [2.75, 3.05) is 7.11 Å². The Hall–Kier alpha value is -2.36. The largest absolute Gasteiger partial charge is 0.452 e. The Kier molecular flexibility index (Phi) is 3.35. The van der Waals surface area contributed by atoms with Crippen LogP contribution in [0.5, 0.6) is 0 Å². The molecule has 17 heavy (non-hydrogen) atoms. The predicted octanol–water partition coefficient (Wildman–Crippen LogP) is 2.53. The number of benzene rings is 2. The summed E-state index contributed by atoms with van der Waals surface area (Å²) in [4.78, 5) is 10.8.